The second kappa shape index (κ2) is 6.23. The Morgan fingerprint density at radius 3 is 2.89 bits per heavy atom. The minimum atomic E-state index is 0.635. The van der Waals surface area contributed by atoms with Crippen molar-refractivity contribution < 1.29 is 0 Å². The number of hydrogen-bond acceptors (Lipinski definition) is 2. The van der Waals surface area contributed by atoms with E-state index in [9.17, 15) is 0 Å². The van der Waals surface area contributed by atoms with Gasteiger partial charge in [0.15, 0.2) is 0 Å². The van der Waals surface area contributed by atoms with Crippen molar-refractivity contribution in [1.29, 1.82) is 0 Å². The van der Waals surface area contributed by atoms with E-state index < -0.39 is 0 Å². The smallest absolute Gasteiger partial charge is 0.0846 e. The van der Waals surface area contributed by atoms with E-state index in [0.29, 0.717) is 10.0 Å². The third-order valence-corrected chi connectivity index (χ3v) is 3.09. The fourth-order valence-corrected chi connectivity index (χ4v) is 2.02. The Labute approximate surface area is 117 Å². The summed E-state index contributed by atoms with van der Waals surface area (Å²) in [5.74, 6) is 0. The van der Waals surface area contributed by atoms with Gasteiger partial charge < -0.3 is 5.32 Å². The molecule has 0 unspecified atom stereocenters. The van der Waals surface area contributed by atoms with E-state index in [1.807, 2.05) is 12.3 Å². The Balaban J connectivity index is 2.16. The van der Waals surface area contributed by atoms with E-state index >= 15 is 0 Å². The molecule has 0 fully saturated rings. The van der Waals surface area contributed by atoms with Crippen LogP contribution in [0.2, 0.25) is 10.0 Å². The molecule has 0 aliphatic carbocycles. The summed E-state index contributed by atoms with van der Waals surface area (Å²) < 4.78 is 1.75. The van der Waals surface area contributed by atoms with Gasteiger partial charge in [0.1, 0.15) is 0 Å². The summed E-state index contributed by atoms with van der Waals surface area (Å²) in [6.45, 7) is 3.89. The number of aromatic nitrogens is 2. The Hall–Kier alpha value is -1.03. The third-order valence-electron chi connectivity index (χ3n) is 2.53. The van der Waals surface area contributed by atoms with Gasteiger partial charge in [-0.3, -0.25) is 0 Å². The van der Waals surface area contributed by atoms with Gasteiger partial charge in [0, 0.05) is 17.8 Å². The Bertz CT molecular complexity index is 523. The summed E-state index contributed by atoms with van der Waals surface area (Å²) in [6.07, 6.45) is 3.00. The second-order valence-corrected chi connectivity index (χ2v) is 4.87. The van der Waals surface area contributed by atoms with E-state index in [-0.39, 0.29) is 0 Å². The first kappa shape index (κ1) is 13.4. The van der Waals surface area contributed by atoms with Gasteiger partial charge in [0.25, 0.3) is 0 Å². The second-order valence-electron chi connectivity index (χ2n) is 4.02. The minimum Gasteiger partial charge on any atom is -0.311 e. The lowest BCUT2D eigenvalue weighted by Gasteiger charge is -2.05. The van der Waals surface area contributed by atoms with Crippen LogP contribution in [0.4, 0.5) is 0 Å². The molecule has 18 heavy (non-hydrogen) atoms. The number of nitrogens with one attached hydrogen (secondary N) is 1. The molecule has 1 heterocycles. The molecule has 0 bridgehead atoms. The molecule has 0 atom stereocenters. The zero-order valence-corrected chi connectivity index (χ0v) is 11.7. The molecule has 0 radical (unpaired) electrons. The molecule has 2 rings (SSSR count). The summed E-state index contributed by atoms with van der Waals surface area (Å²) >= 11 is 12.1. The molecular weight excluding hydrogens is 269 g/mol. The van der Waals surface area contributed by atoms with E-state index in [2.05, 4.69) is 17.3 Å². The Morgan fingerprint density at radius 1 is 1.28 bits per heavy atom. The van der Waals surface area contributed by atoms with Gasteiger partial charge >= 0.3 is 0 Å². The molecule has 5 heteroatoms. The molecule has 2 aromatic rings. The van der Waals surface area contributed by atoms with Crippen molar-refractivity contribution in [2.75, 3.05) is 6.54 Å². The van der Waals surface area contributed by atoms with Crippen LogP contribution in [0.25, 0.3) is 5.69 Å². The number of benzene rings is 1. The molecule has 0 amide bonds. The maximum absolute atomic E-state index is 6.13. The predicted octanol–water partition coefficient (Wildman–Crippen LogP) is 3.68. The lowest BCUT2D eigenvalue weighted by atomic mass is 10.3. The molecule has 1 N–H and O–H groups in total. The molecule has 96 valence electrons. The molecule has 0 aliphatic heterocycles. The van der Waals surface area contributed by atoms with Crippen molar-refractivity contribution in [3.8, 4) is 5.69 Å². The maximum Gasteiger partial charge on any atom is 0.0846 e. The number of nitrogens with zero attached hydrogens (tertiary/aromatic N) is 2. The molecule has 0 saturated carbocycles. The van der Waals surface area contributed by atoms with Crippen LogP contribution in [0.15, 0.2) is 30.5 Å². The summed E-state index contributed by atoms with van der Waals surface area (Å²) in [4.78, 5) is 0. The topological polar surface area (TPSA) is 29.9 Å². The zero-order valence-electron chi connectivity index (χ0n) is 10.2. The van der Waals surface area contributed by atoms with Crippen LogP contribution in [-0.4, -0.2) is 16.3 Å². The van der Waals surface area contributed by atoms with Crippen LogP contribution in [-0.2, 0) is 6.54 Å². The number of halogens is 2. The number of hydrogen-bond donors (Lipinski definition) is 1. The van der Waals surface area contributed by atoms with Crippen molar-refractivity contribution in [2.24, 2.45) is 0 Å². The monoisotopic (exact) mass is 283 g/mol. The molecule has 0 aliphatic rings. The first-order valence-electron chi connectivity index (χ1n) is 5.91. The van der Waals surface area contributed by atoms with Crippen LogP contribution in [0.1, 0.15) is 19.0 Å². The first-order valence-corrected chi connectivity index (χ1v) is 6.67. The molecule has 0 spiro atoms. The molecule has 1 aromatic heterocycles. The van der Waals surface area contributed by atoms with Gasteiger partial charge in [-0.2, -0.15) is 5.10 Å². The summed E-state index contributed by atoms with van der Waals surface area (Å²) in [5.41, 5.74) is 1.78. The quantitative estimate of drug-likeness (QED) is 0.849. The fraction of sp³-hybridized carbons (Fsp3) is 0.308. The number of rotatable bonds is 5. The highest BCUT2D eigenvalue weighted by molar-refractivity contribution is 6.34. The highest BCUT2D eigenvalue weighted by Gasteiger charge is 2.06. The van der Waals surface area contributed by atoms with Gasteiger partial charge in [-0.05, 0) is 37.2 Å². The van der Waals surface area contributed by atoms with Crippen molar-refractivity contribution in [1.82, 2.24) is 15.1 Å². The highest BCUT2D eigenvalue weighted by Crippen LogP contribution is 2.23. The SMILES string of the molecule is CCCNCc1ccn(-c2cc(Cl)ccc2Cl)n1. The van der Waals surface area contributed by atoms with Crippen molar-refractivity contribution in [2.45, 2.75) is 19.9 Å². The van der Waals surface area contributed by atoms with Crippen LogP contribution in [0.3, 0.4) is 0 Å². The minimum absolute atomic E-state index is 0.635. The highest BCUT2D eigenvalue weighted by atomic mass is 35.5. The average Bonchev–Trinajstić information content (AvgIpc) is 2.81. The third kappa shape index (κ3) is 3.25. The standard InChI is InChI=1S/C13H15Cl2N3/c1-2-6-16-9-11-5-7-18(17-11)13-8-10(14)3-4-12(13)15/h3-5,7-8,16H,2,6,9H2,1H3. The summed E-state index contributed by atoms with van der Waals surface area (Å²) in [7, 11) is 0. The van der Waals surface area contributed by atoms with Crippen molar-refractivity contribution in [3.63, 3.8) is 0 Å². The van der Waals surface area contributed by atoms with Gasteiger partial charge in [-0.25, -0.2) is 4.68 Å². The average molecular weight is 284 g/mol. The first-order chi connectivity index (χ1) is 8.70. The van der Waals surface area contributed by atoms with Crippen LogP contribution in [0.5, 0.6) is 0 Å². The van der Waals surface area contributed by atoms with Gasteiger partial charge in [-0.15, -0.1) is 0 Å². The predicted molar refractivity (Wildman–Crippen MR) is 75.6 cm³/mol. The lowest BCUT2D eigenvalue weighted by Crippen LogP contribution is -2.14. The molecule has 0 saturated heterocycles. The van der Waals surface area contributed by atoms with Crippen molar-refractivity contribution >= 4 is 23.2 Å². The van der Waals surface area contributed by atoms with Crippen LogP contribution in [0, 0.1) is 0 Å². The van der Waals surface area contributed by atoms with E-state index in [0.717, 1.165) is 30.9 Å². The van der Waals surface area contributed by atoms with E-state index in [1.165, 1.54) is 0 Å². The van der Waals surface area contributed by atoms with Gasteiger partial charge in [0.05, 0.1) is 16.4 Å². The van der Waals surface area contributed by atoms with Crippen LogP contribution >= 0.6 is 23.2 Å². The maximum atomic E-state index is 6.13. The van der Waals surface area contributed by atoms with Crippen molar-refractivity contribution in [3.05, 3.63) is 46.2 Å². The molecule has 3 nitrogen and oxygen atoms in total. The molecule has 1 aromatic carbocycles. The lowest BCUT2D eigenvalue weighted by molar-refractivity contribution is 0.656. The van der Waals surface area contributed by atoms with Crippen LogP contribution < -0.4 is 5.32 Å². The Kier molecular flexibility index (Phi) is 4.64. The largest absolute Gasteiger partial charge is 0.311 e. The molecular formula is C13H15Cl2N3. The van der Waals surface area contributed by atoms with E-state index in [4.69, 9.17) is 23.2 Å². The van der Waals surface area contributed by atoms with Gasteiger partial charge in [-0.1, -0.05) is 30.1 Å². The summed E-state index contributed by atoms with van der Waals surface area (Å²) in [5, 5.41) is 9.06. The fourth-order valence-electron chi connectivity index (χ4n) is 1.64. The van der Waals surface area contributed by atoms with Gasteiger partial charge in [0.2, 0.25) is 0 Å². The zero-order chi connectivity index (χ0) is 13.0. The Morgan fingerprint density at radius 2 is 2.11 bits per heavy atom. The van der Waals surface area contributed by atoms with E-state index in [1.54, 1.807) is 22.9 Å². The summed E-state index contributed by atoms with van der Waals surface area (Å²) in [6, 6.07) is 7.32. The normalized spacial score (nSPS) is 10.8.